The quantitative estimate of drug-likeness (QED) is 0.854. The highest BCUT2D eigenvalue weighted by molar-refractivity contribution is 8.01. The number of nitrogens with zero attached hydrogens (tertiary/aromatic N) is 1. The van der Waals surface area contributed by atoms with Crippen molar-refractivity contribution >= 4 is 17.7 Å². The summed E-state index contributed by atoms with van der Waals surface area (Å²) in [6, 6.07) is 10.1. The Hall–Kier alpha value is -1.00. The molecule has 2 rings (SSSR count). The molecule has 2 unspecified atom stereocenters. The summed E-state index contributed by atoms with van der Waals surface area (Å²) in [5.41, 5.74) is 1.16. The van der Waals surface area contributed by atoms with Gasteiger partial charge in [0, 0.05) is 6.54 Å². The smallest absolute Gasteiger partial charge is 0.318 e. The van der Waals surface area contributed by atoms with Gasteiger partial charge in [-0.1, -0.05) is 30.3 Å². The summed E-state index contributed by atoms with van der Waals surface area (Å²) in [6.45, 7) is 2.67. The maximum Gasteiger partial charge on any atom is 0.318 e. The number of aliphatic carboxylic acids is 1. The highest BCUT2D eigenvalue weighted by atomic mass is 32.2. The molecule has 0 saturated carbocycles. The van der Waals surface area contributed by atoms with Gasteiger partial charge in [-0.25, -0.2) is 0 Å². The van der Waals surface area contributed by atoms with Crippen LogP contribution in [0.4, 0.5) is 0 Å². The van der Waals surface area contributed by atoms with Crippen LogP contribution in [0.15, 0.2) is 30.3 Å². The zero-order valence-electron chi connectivity index (χ0n) is 9.38. The first-order chi connectivity index (χ1) is 7.54. The van der Waals surface area contributed by atoms with Gasteiger partial charge in [0.15, 0.2) is 0 Å². The van der Waals surface area contributed by atoms with Crippen molar-refractivity contribution in [3.63, 3.8) is 0 Å². The Labute approximate surface area is 99.5 Å². The highest BCUT2D eigenvalue weighted by Gasteiger charge is 2.44. The first-order valence-corrected chi connectivity index (χ1v) is 6.09. The summed E-state index contributed by atoms with van der Waals surface area (Å²) in [5, 5.41) is 8.72. The number of thioether (sulfide) groups is 1. The van der Waals surface area contributed by atoms with Gasteiger partial charge in [0.2, 0.25) is 0 Å². The van der Waals surface area contributed by atoms with E-state index in [1.54, 1.807) is 0 Å². The third-order valence-electron chi connectivity index (χ3n) is 3.12. The minimum Gasteiger partial charge on any atom is -0.480 e. The van der Waals surface area contributed by atoms with E-state index in [9.17, 15) is 4.79 Å². The van der Waals surface area contributed by atoms with E-state index < -0.39 is 5.97 Å². The van der Waals surface area contributed by atoms with Crippen LogP contribution in [0.3, 0.4) is 0 Å². The minimum atomic E-state index is -0.725. The fourth-order valence-electron chi connectivity index (χ4n) is 1.99. The summed E-state index contributed by atoms with van der Waals surface area (Å²) < 4.78 is 0. The molecule has 0 amide bonds. The van der Waals surface area contributed by atoms with Crippen LogP contribution in [-0.4, -0.2) is 34.8 Å². The van der Waals surface area contributed by atoms with E-state index in [-0.39, 0.29) is 10.1 Å². The van der Waals surface area contributed by atoms with E-state index in [1.807, 2.05) is 37.4 Å². The van der Waals surface area contributed by atoms with Crippen LogP contribution >= 0.6 is 11.8 Å². The number of benzene rings is 1. The second-order valence-electron chi connectivity index (χ2n) is 4.17. The molecule has 2 atom stereocenters. The zero-order valence-corrected chi connectivity index (χ0v) is 10.2. The van der Waals surface area contributed by atoms with E-state index in [4.69, 9.17) is 5.11 Å². The molecule has 0 radical (unpaired) electrons. The van der Waals surface area contributed by atoms with Crippen molar-refractivity contribution in [2.75, 3.05) is 13.6 Å². The van der Waals surface area contributed by atoms with Gasteiger partial charge >= 0.3 is 5.97 Å². The van der Waals surface area contributed by atoms with E-state index in [0.29, 0.717) is 6.54 Å². The minimum absolute atomic E-state index is 0.232. The van der Waals surface area contributed by atoms with Gasteiger partial charge in [-0.05, 0) is 19.5 Å². The average molecular weight is 237 g/mol. The first-order valence-electron chi connectivity index (χ1n) is 5.21. The molecule has 16 heavy (non-hydrogen) atoms. The van der Waals surface area contributed by atoms with E-state index in [1.165, 1.54) is 11.8 Å². The van der Waals surface area contributed by atoms with Crippen molar-refractivity contribution in [1.82, 2.24) is 4.90 Å². The average Bonchev–Trinajstić information content (AvgIpc) is 2.58. The highest BCUT2D eigenvalue weighted by Crippen LogP contribution is 2.46. The van der Waals surface area contributed by atoms with Gasteiger partial charge < -0.3 is 5.11 Å². The topological polar surface area (TPSA) is 40.5 Å². The number of rotatable bonds is 2. The molecular formula is C12H15NO2S. The van der Waals surface area contributed by atoms with Gasteiger partial charge in [0.05, 0.1) is 4.87 Å². The third kappa shape index (κ3) is 1.83. The summed E-state index contributed by atoms with van der Waals surface area (Å²) in [4.78, 5) is 12.9. The summed E-state index contributed by atoms with van der Waals surface area (Å²) >= 11 is 1.51. The number of carboxylic acids is 1. The zero-order chi connectivity index (χ0) is 11.8. The Bertz CT molecular complexity index is 395. The summed E-state index contributed by atoms with van der Waals surface area (Å²) in [6.07, 6.45) is 0. The van der Waals surface area contributed by atoms with Gasteiger partial charge in [-0.15, -0.1) is 11.8 Å². The lowest BCUT2D eigenvalue weighted by Gasteiger charge is -2.31. The van der Waals surface area contributed by atoms with Crippen molar-refractivity contribution in [3.8, 4) is 0 Å². The van der Waals surface area contributed by atoms with Gasteiger partial charge in [0.1, 0.15) is 5.25 Å². The van der Waals surface area contributed by atoms with Crippen LogP contribution in [0.2, 0.25) is 0 Å². The summed E-state index contributed by atoms with van der Waals surface area (Å²) in [5.74, 6) is -0.725. The predicted octanol–water partition coefficient (Wildman–Crippen LogP) is 1.99. The molecule has 0 bridgehead atoms. The van der Waals surface area contributed by atoms with Crippen LogP contribution in [0.25, 0.3) is 0 Å². The Morgan fingerprint density at radius 3 is 2.62 bits per heavy atom. The molecule has 1 aliphatic heterocycles. The van der Waals surface area contributed by atoms with Crippen LogP contribution in [0.5, 0.6) is 0 Å². The second kappa shape index (κ2) is 4.11. The van der Waals surface area contributed by atoms with Gasteiger partial charge in [-0.3, -0.25) is 9.69 Å². The van der Waals surface area contributed by atoms with Crippen molar-refractivity contribution in [1.29, 1.82) is 0 Å². The molecule has 1 heterocycles. The Morgan fingerprint density at radius 2 is 2.12 bits per heavy atom. The first kappa shape index (κ1) is 11.5. The SMILES string of the molecule is CN1CC(C(=O)O)SC1(C)c1ccccc1. The molecule has 0 aromatic heterocycles. The largest absolute Gasteiger partial charge is 0.480 e. The van der Waals surface area contributed by atoms with Crippen LogP contribution in [0, 0.1) is 0 Å². The summed E-state index contributed by atoms with van der Waals surface area (Å²) in [7, 11) is 1.98. The number of hydrogen-bond acceptors (Lipinski definition) is 3. The fraction of sp³-hybridized carbons (Fsp3) is 0.417. The van der Waals surface area contributed by atoms with E-state index >= 15 is 0 Å². The maximum atomic E-state index is 11.0. The van der Waals surface area contributed by atoms with Crippen molar-refractivity contribution in [2.24, 2.45) is 0 Å². The van der Waals surface area contributed by atoms with Crippen LogP contribution < -0.4 is 0 Å². The molecule has 1 aromatic carbocycles. The Balaban J connectivity index is 2.30. The van der Waals surface area contributed by atoms with Crippen LogP contribution in [-0.2, 0) is 9.67 Å². The van der Waals surface area contributed by atoms with Gasteiger partial charge in [-0.2, -0.15) is 0 Å². The molecule has 1 fully saturated rings. The lowest BCUT2D eigenvalue weighted by molar-refractivity contribution is -0.136. The molecule has 86 valence electrons. The predicted molar refractivity (Wildman–Crippen MR) is 65.4 cm³/mol. The lowest BCUT2D eigenvalue weighted by atomic mass is 10.1. The lowest BCUT2D eigenvalue weighted by Crippen LogP contribution is -2.33. The fourth-order valence-corrected chi connectivity index (χ4v) is 3.47. The molecule has 1 N–H and O–H groups in total. The van der Waals surface area contributed by atoms with E-state index in [0.717, 1.165) is 5.56 Å². The second-order valence-corrected chi connectivity index (χ2v) is 5.77. The number of carboxylic acid groups (broad SMARTS) is 1. The van der Waals surface area contributed by atoms with Crippen molar-refractivity contribution < 1.29 is 9.90 Å². The van der Waals surface area contributed by atoms with Crippen LogP contribution in [0.1, 0.15) is 12.5 Å². The number of carbonyl (C=O) groups is 1. The number of hydrogen-bond donors (Lipinski definition) is 1. The Kier molecular flexibility index (Phi) is 2.95. The Morgan fingerprint density at radius 1 is 1.50 bits per heavy atom. The monoisotopic (exact) mass is 237 g/mol. The molecule has 4 heteroatoms. The molecule has 1 saturated heterocycles. The standard InChI is InChI=1S/C12H15NO2S/c1-12(9-6-4-3-5-7-9)13(2)8-10(16-12)11(14)15/h3-7,10H,8H2,1-2H3,(H,14,15). The normalized spacial score (nSPS) is 30.5. The molecule has 3 nitrogen and oxygen atoms in total. The van der Waals surface area contributed by atoms with Gasteiger partial charge in [0.25, 0.3) is 0 Å². The molecule has 0 aliphatic carbocycles. The van der Waals surface area contributed by atoms with Crippen molar-refractivity contribution in [2.45, 2.75) is 17.0 Å². The molecule has 1 aliphatic rings. The molecular weight excluding hydrogens is 222 g/mol. The van der Waals surface area contributed by atoms with Crippen molar-refractivity contribution in [3.05, 3.63) is 35.9 Å². The molecule has 1 aromatic rings. The molecule has 0 spiro atoms. The third-order valence-corrected chi connectivity index (χ3v) is 4.77. The van der Waals surface area contributed by atoms with E-state index in [2.05, 4.69) is 11.8 Å². The maximum absolute atomic E-state index is 11.0.